The standard InChI is InChI=1S/C15H20FN3/c1-3-4-9-19-11-12(2)18-15(19)17-10-13-5-7-14(16)8-6-13/h5-8,11H,3-4,9-10H2,1-2H3,(H,17,18). The molecule has 0 aliphatic heterocycles. The Kier molecular flexibility index (Phi) is 4.55. The van der Waals surface area contributed by atoms with E-state index in [1.165, 1.54) is 12.1 Å². The third kappa shape index (κ3) is 3.81. The van der Waals surface area contributed by atoms with Crippen LogP contribution in [0, 0.1) is 12.7 Å². The summed E-state index contributed by atoms with van der Waals surface area (Å²) in [5, 5.41) is 3.31. The lowest BCUT2D eigenvalue weighted by Crippen LogP contribution is -2.07. The van der Waals surface area contributed by atoms with Gasteiger partial charge in [-0.15, -0.1) is 0 Å². The molecule has 0 radical (unpaired) electrons. The summed E-state index contributed by atoms with van der Waals surface area (Å²) in [5.41, 5.74) is 2.06. The zero-order chi connectivity index (χ0) is 13.7. The molecule has 0 amide bonds. The van der Waals surface area contributed by atoms with E-state index >= 15 is 0 Å². The molecule has 4 heteroatoms. The zero-order valence-electron chi connectivity index (χ0n) is 11.5. The maximum atomic E-state index is 12.8. The summed E-state index contributed by atoms with van der Waals surface area (Å²) in [6.07, 6.45) is 4.36. The lowest BCUT2D eigenvalue weighted by atomic mass is 10.2. The van der Waals surface area contributed by atoms with Crippen LogP contribution in [-0.4, -0.2) is 9.55 Å². The fourth-order valence-electron chi connectivity index (χ4n) is 1.97. The van der Waals surface area contributed by atoms with Gasteiger partial charge in [-0.05, 0) is 31.0 Å². The van der Waals surface area contributed by atoms with Crippen molar-refractivity contribution >= 4 is 5.95 Å². The molecule has 0 saturated carbocycles. The smallest absolute Gasteiger partial charge is 0.203 e. The van der Waals surface area contributed by atoms with Crippen LogP contribution in [0.4, 0.5) is 10.3 Å². The summed E-state index contributed by atoms with van der Waals surface area (Å²) in [6, 6.07) is 6.53. The van der Waals surface area contributed by atoms with E-state index in [-0.39, 0.29) is 5.82 Å². The maximum Gasteiger partial charge on any atom is 0.203 e. The first-order chi connectivity index (χ1) is 9.19. The molecule has 2 rings (SSSR count). The van der Waals surface area contributed by atoms with Crippen molar-refractivity contribution in [2.45, 2.75) is 39.8 Å². The minimum absolute atomic E-state index is 0.205. The highest BCUT2D eigenvalue weighted by molar-refractivity contribution is 5.31. The van der Waals surface area contributed by atoms with Gasteiger partial charge in [0.25, 0.3) is 0 Å². The van der Waals surface area contributed by atoms with E-state index in [9.17, 15) is 4.39 Å². The van der Waals surface area contributed by atoms with Gasteiger partial charge in [-0.25, -0.2) is 9.37 Å². The molecule has 102 valence electrons. The summed E-state index contributed by atoms with van der Waals surface area (Å²) in [7, 11) is 0. The first-order valence-electron chi connectivity index (χ1n) is 6.71. The Bertz CT molecular complexity index is 517. The van der Waals surface area contributed by atoms with Crippen molar-refractivity contribution in [3.63, 3.8) is 0 Å². The van der Waals surface area contributed by atoms with E-state index in [0.29, 0.717) is 6.54 Å². The second-order valence-electron chi connectivity index (χ2n) is 4.73. The topological polar surface area (TPSA) is 29.9 Å². The summed E-state index contributed by atoms with van der Waals surface area (Å²) < 4.78 is 15.0. The van der Waals surface area contributed by atoms with E-state index in [0.717, 1.165) is 36.6 Å². The van der Waals surface area contributed by atoms with Crippen LogP contribution < -0.4 is 5.32 Å². The van der Waals surface area contributed by atoms with Crippen LogP contribution in [0.5, 0.6) is 0 Å². The van der Waals surface area contributed by atoms with Crippen LogP contribution >= 0.6 is 0 Å². The van der Waals surface area contributed by atoms with Crippen LogP contribution in [0.25, 0.3) is 0 Å². The van der Waals surface area contributed by atoms with Crippen LogP contribution in [0.15, 0.2) is 30.5 Å². The number of hydrogen-bond acceptors (Lipinski definition) is 2. The number of benzene rings is 1. The molecule has 0 aliphatic carbocycles. The van der Waals surface area contributed by atoms with Gasteiger partial charge in [0.15, 0.2) is 0 Å². The quantitative estimate of drug-likeness (QED) is 0.858. The summed E-state index contributed by atoms with van der Waals surface area (Å²) in [6.45, 7) is 5.80. The predicted molar refractivity (Wildman–Crippen MR) is 75.6 cm³/mol. The summed E-state index contributed by atoms with van der Waals surface area (Å²) >= 11 is 0. The molecule has 2 aromatic rings. The number of aromatic nitrogens is 2. The van der Waals surface area contributed by atoms with E-state index in [1.54, 1.807) is 12.1 Å². The van der Waals surface area contributed by atoms with E-state index in [4.69, 9.17) is 0 Å². The Balaban J connectivity index is 2.00. The molecule has 0 unspecified atom stereocenters. The lowest BCUT2D eigenvalue weighted by Gasteiger charge is -2.09. The Hall–Kier alpha value is -1.84. The largest absolute Gasteiger partial charge is 0.352 e. The molecular formula is C15H20FN3. The summed E-state index contributed by atoms with van der Waals surface area (Å²) in [4.78, 5) is 4.47. The zero-order valence-corrected chi connectivity index (χ0v) is 11.5. The summed E-state index contributed by atoms with van der Waals surface area (Å²) in [5.74, 6) is 0.680. The van der Waals surface area contributed by atoms with Crippen molar-refractivity contribution < 1.29 is 4.39 Å². The molecule has 0 saturated heterocycles. The van der Waals surface area contributed by atoms with E-state index < -0.39 is 0 Å². The second-order valence-corrected chi connectivity index (χ2v) is 4.73. The van der Waals surface area contributed by atoms with Crippen LogP contribution in [0.1, 0.15) is 31.0 Å². The average Bonchev–Trinajstić information content (AvgIpc) is 2.76. The van der Waals surface area contributed by atoms with Gasteiger partial charge in [-0.1, -0.05) is 25.5 Å². The molecule has 3 nitrogen and oxygen atoms in total. The fraction of sp³-hybridized carbons (Fsp3) is 0.400. The molecule has 19 heavy (non-hydrogen) atoms. The highest BCUT2D eigenvalue weighted by Gasteiger charge is 2.04. The average molecular weight is 261 g/mol. The highest BCUT2D eigenvalue weighted by atomic mass is 19.1. The first-order valence-corrected chi connectivity index (χ1v) is 6.71. The maximum absolute atomic E-state index is 12.8. The Morgan fingerprint density at radius 3 is 2.68 bits per heavy atom. The van der Waals surface area contributed by atoms with Crippen molar-refractivity contribution in [3.8, 4) is 0 Å². The van der Waals surface area contributed by atoms with Crippen LogP contribution in [0.2, 0.25) is 0 Å². The molecule has 1 aromatic heterocycles. The van der Waals surface area contributed by atoms with Gasteiger partial charge in [0.05, 0.1) is 5.69 Å². The second kappa shape index (κ2) is 6.36. The van der Waals surface area contributed by atoms with Gasteiger partial charge in [-0.2, -0.15) is 0 Å². The molecule has 0 spiro atoms. The lowest BCUT2D eigenvalue weighted by molar-refractivity contribution is 0.626. The normalized spacial score (nSPS) is 10.7. The van der Waals surface area contributed by atoms with Gasteiger partial charge in [-0.3, -0.25) is 0 Å². The number of nitrogens with zero attached hydrogens (tertiary/aromatic N) is 2. The molecule has 0 bridgehead atoms. The third-order valence-electron chi connectivity index (χ3n) is 3.01. The molecule has 1 aromatic carbocycles. The van der Waals surface area contributed by atoms with Crippen LogP contribution in [0.3, 0.4) is 0 Å². The van der Waals surface area contributed by atoms with Gasteiger partial charge >= 0.3 is 0 Å². The van der Waals surface area contributed by atoms with Crippen molar-refractivity contribution in [1.29, 1.82) is 0 Å². The SMILES string of the molecule is CCCCn1cc(C)nc1NCc1ccc(F)cc1. The van der Waals surface area contributed by atoms with E-state index in [2.05, 4.69) is 28.0 Å². The molecular weight excluding hydrogens is 241 g/mol. The molecule has 1 heterocycles. The number of anilines is 1. The van der Waals surface area contributed by atoms with Crippen molar-refractivity contribution in [2.24, 2.45) is 0 Å². The van der Waals surface area contributed by atoms with Gasteiger partial charge in [0.2, 0.25) is 5.95 Å². The highest BCUT2D eigenvalue weighted by Crippen LogP contribution is 2.12. The number of rotatable bonds is 6. The van der Waals surface area contributed by atoms with Crippen LogP contribution in [-0.2, 0) is 13.1 Å². The van der Waals surface area contributed by atoms with Gasteiger partial charge < -0.3 is 9.88 Å². The predicted octanol–water partition coefficient (Wildman–Crippen LogP) is 3.74. The Morgan fingerprint density at radius 2 is 2.00 bits per heavy atom. The Morgan fingerprint density at radius 1 is 1.26 bits per heavy atom. The first kappa shape index (κ1) is 13.6. The number of aryl methyl sites for hydroxylation is 2. The minimum atomic E-state index is -0.205. The minimum Gasteiger partial charge on any atom is -0.352 e. The Labute approximate surface area is 113 Å². The van der Waals surface area contributed by atoms with Crippen molar-refractivity contribution in [2.75, 3.05) is 5.32 Å². The number of nitrogens with one attached hydrogen (secondary N) is 1. The molecule has 1 N–H and O–H groups in total. The number of halogens is 1. The molecule has 0 aliphatic rings. The fourth-order valence-corrected chi connectivity index (χ4v) is 1.97. The number of hydrogen-bond donors (Lipinski definition) is 1. The van der Waals surface area contributed by atoms with Crippen molar-refractivity contribution in [1.82, 2.24) is 9.55 Å². The van der Waals surface area contributed by atoms with E-state index in [1.807, 2.05) is 6.92 Å². The van der Waals surface area contributed by atoms with Gasteiger partial charge in [0, 0.05) is 19.3 Å². The molecule has 0 atom stereocenters. The number of unbranched alkanes of at least 4 members (excludes halogenated alkanes) is 1. The van der Waals surface area contributed by atoms with Gasteiger partial charge in [0.1, 0.15) is 5.82 Å². The van der Waals surface area contributed by atoms with Crippen molar-refractivity contribution in [3.05, 3.63) is 47.5 Å². The monoisotopic (exact) mass is 261 g/mol. The number of imidazole rings is 1. The molecule has 0 fully saturated rings. The third-order valence-corrected chi connectivity index (χ3v) is 3.01.